The second kappa shape index (κ2) is 8.16. The lowest BCUT2D eigenvalue weighted by Crippen LogP contribution is -2.15. The molecule has 1 aromatic carbocycles. The second-order valence-corrected chi connectivity index (χ2v) is 8.08. The summed E-state index contributed by atoms with van der Waals surface area (Å²) >= 11 is 4.91. The predicted octanol–water partition coefficient (Wildman–Crippen LogP) is 4.35. The molecule has 0 bridgehead atoms. The number of thioether (sulfide) groups is 1. The summed E-state index contributed by atoms with van der Waals surface area (Å²) in [5.41, 5.74) is 3.13. The van der Waals surface area contributed by atoms with Gasteiger partial charge >= 0.3 is 0 Å². The minimum absolute atomic E-state index is 0.0549. The first-order valence-corrected chi connectivity index (χ1v) is 9.65. The number of benzene rings is 1. The maximum Gasteiger partial charge on any atom is 0.234 e. The van der Waals surface area contributed by atoms with Crippen LogP contribution in [0.15, 0.2) is 21.8 Å². The molecule has 1 heterocycles. The summed E-state index contributed by atoms with van der Waals surface area (Å²) in [7, 11) is 0. The molecule has 0 aliphatic carbocycles. The van der Waals surface area contributed by atoms with Crippen LogP contribution in [0.3, 0.4) is 0 Å². The van der Waals surface area contributed by atoms with Crippen LogP contribution in [0.5, 0.6) is 0 Å². The molecule has 0 unspecified atom stereocenters. The third-order valence-electron chi connectivity index (χ3n) is 3.64. The lowest BCUT2D eigenvalue weighted by atomic mass is 10.1. The Morgan fingerprint density at radius 1 is 1.25 bits per heavy atom. The minimum atomic E-state index is -0.0549. The molecule has 0 aliphatic heterocycles. The highest BCUT2D eigenvalue weighted by molar-refractivity contribution is 9.10. The Morgan fingerprint density at radius 2 is 1.92 bits per heavy atom. The Kier molecular flexibility index (Phi) is 6.46. The van der Waals surface area contributed by atoms with E-state index in [2.05, 4.69) is 49.9 Å². The molecule has 0 spiro atoms. The van der Waals surface area contributed by atoms with Crippen LogP contribution < -0.4 is 5.32 Å². The van der Waals surface area contributed by atoms with E-state index in [4.69, 9.17) is 0 Å². The molecule has 24 heavy (non-hydrogen) atoms. The van der Waals surface area contributed by atoms with Gasteiger partial charge in [0.25, 0.3) is 0 Å². The first-order valence-electron chi connectivity index (χ1n) is 7.87. The van der Waals surface area contributed by atoms with Crippen molar-refractivity contribution in [2.24, 2.45) is 5.92 Å². The van der Waals surface area contributed by atoms with Gasteiger partial charge < -0.3 is 9.88 Å². The molecule has 0 fully saturated rings. The van der Waals surface area contributed by atoms with Crippen LogP contribution in [-0.2, 0) is 11.3 Å². The van der Waals surface area contributed by atoms with Gasteiger partial charge in [-0.15, -0.1) is 10.2 Å². The standard InChI is InChI=1S/C17H23BrN4OS/c1-10(2)8-22-13(5)20-21-17(22)24-9-16(23)19-15-7-12(4)11(3)6-14(15)18/h6-7,10H,8-9H2,1-5H3,(H,19,23). The summed E-state index contributed by atoms with van der Waals surface area (Å²) in [6.07, 6.45) is 0. The minimum Gasteiger partial charge on any atom is -0.324 e. The number of carbonyl (C=O) groups is 1. The summed E-state index contributed by atoms with van der Waals surface area (Å²) < 4.78 is 2.96. The Bertz CT molecular complexity index is 742. The number of anilines is 1. The number of nitrogens with one attached hydrogen (secondary N) is 1. The summed E-state index contributed by atoms with van der Waals surface area (Å²) in [4.78, 5) is 12.3. The third-order valence-corrected chi connectivity index (χ3v) is 5.26. The van der Waals surface area contributed by atoms with Gasteiger partial charge in [-0.3, -0.25) is 4.79 Å². The third kappa shape index (κ3) is 4.83. The highest BCUT2D eigenvalue weighted by Gasteiger charge is 2.14. The number of aromatic nitrogens is 3. The van der Waals surface area contributed by atoms with E-state index in [0.717, 1.165) is 33.2 Å². The Morgan fingerprint density at radius 3 is 2.58 bits per heavy atom. The number of aryl methyl sites for hydroxylation is 3. The van der Waals surface area contributed by atoms with E-state index in [1.54, 1.807) is 0 Å². The Labute approximate surface area is 155 Å². The molecule has 130 valence electrons. The quantitative estimate of drug-likeness (QED) is 0.718. The van der Waals surface area contributed by atoms with Crippen molar-refractivity contribution >= 4 is 39.3 Å². The van der Waals surface area contributed by atoms with Crippen LogP contribution in [0.2, 0.25) is 0 Å². The van der Waals surface area contributed by atoms with Gasteiger partial charge in [-0.25, -0.2) is 0 Å². The number of amides is 1. The van der Waals surface area contributed by atoms with Gasteiger partial charge in [0.05, 0.1) is 11.4 Å². The van der Waals surface area contributed by atoms with Crippen molar-refractivity contribution in [2.45, 2.75) is 46.3 Å². The molecule has 5 nitrogen and oxygen atoms in total. The molecule has 1 amide bonds. The van der Waals surface area contributed by atoms with Crippen molar-refractivity contribution in [3.63, 3.8) is 0 Å². The number of nitrogens with zero attached hydrogens (tertiary/aromatic N) is 3. The van der Waals surface area contributed by atoms with E-state index >= 15 is 0 Å². The maximum absolute atomic E-state index is 12.3. The second-order valence-electron chi connectivity index (χ2n) is 6.29. The van der Waals surface area contributed by atoms with E-state index in [-0.39, 0.29) is 5.91 Å². The number of hydrogen-bond donors (Lipinski definition) is 1. The van der Waals surface area contributed by atoms with Crippen molar-refractivity contribution < 1.29 is 4.79 Å². The van der Waals surface area contributed by atoms with E-state index in [1.807, 2.05) is 32.9 Å². The maximum atomic E-state index is 12.3. The van der Waals surface area contributed by atoms with Gasteiger partial charge in [0.1, 0.15) is 5.82 Å². The molecule has 1 N–H and O–H groups in total. The molecule has 2 aromatic rings. The van der Waals surface area contributed by atoms with Crippen molar-refractivity contribution in [3.8, 4) is 0 Å². The molecule has 0 aliphatic rings. The zero-order valence-corrected chi connectivity index (χ0v) is 17.1. The van der Waals surface area contributed by atoms with Crippen molar-refractivity contribution in [2.75, 3.05) is 11.1 Å². The fourth-order valence-electron chi connectivity index (χ4n) is 2.24. The first kappa shape index (κ1) is 19.0. The smallest absolute Gasteiger partial charge is 0.234 e. The summed E-state index contributed by atoms with van der Waals surface area (Å²) in [5.74, 6) is 1.62. The topological polar surface area (TPSA) is 59.8 Å². The van der Waals surface area contributed by atoms with E-state index in [0.29, 0.717) is 11.7 Å². The van der Waals surface area contributed by atoms with Crippen LogP contribution >= 0.6 is 27.7 Å². The normalized spacial score (nSPS) is 11.1. The van der Waals surface area contributed by atoms with Crippen molar-refractivity contribution in [1.82, 2.24) is 14.8 Å². The lowest BCUT2D eigenvalue weighted by Gasteiger charge is -2.12. The van der Waals surface area contributed by atoms with E-state index < -0.39 is 0 Å². The van der Waals surface area contributed by atoms with Crippen molar-refractivity contribution in [1.29, 1.82) is 0 Å². The molecule has 1 aromatic heterocycles. The molecule has 0 saturated heterocycles. The molecular formula is C17H23BrN4OS. The van der Waals surface area contributed by atoms with Crippen LogP contribution in [0.1, 0.15) is 30.8 Å². The molecule has 0 atom stereocenters. The largest absolute Gasteiger partial charge is 0.324 e. The van der Waals surface area contributed by atoms with Crippen LogP contribution in [0.4, 0.5) is 5.69 Å². The Hall–Kier alpha value is -1.34. The van der Waals surface area contributed by atoms with E-state index in [9.17, 15) is 4.79 Å². The van der Waals surface area contributed by atoms with Gasteiger partial charge in [0, 0.05) is 11.0 Å². The molecule has 2 rings (SSSR count). The highest BCUT2D eigenvalue weighted by Crippen LogP contribution is 2.26. The zero-order chi connectivity index (χ0) is 17.9. The van der Waals surface area contributed by atoms with Gasteiger partial charge in [0.2, 0.25) is 5.91 Å². The number of hydrogen-bond acceptors (Lipinski definition) is 4. The lowest BCUT2D eigenvalue weighted by molar-refractivity contribution is -0.113. The monoisotopic (exact) mass is 410 g/mol. The average Bonchev–Trinajstić information content (AvgIpc) is 2.83. The summed E-state index contributed by atoms with van der Waals surface area (Å²) in [6, 6.07) is 3.99. The van der Waals surface area contributed by atoms with Gasteiger partial charge in [-0.1, -0.05) is 25.6 Å². The van der Waals surface area contributed by atoms with E-state index in [1.165, 1.54) is 17.3 Å². The fourth-order valence-corrected chi connectivity index (χ4v) is 3.59. The SMILES string of the molecule is Cc1cc(Br)c(NC(=O)CSc2nnc(C)n2CC(C)C)cc1C. The van der Waals surface area contributed by atoms with Crippen LogP contribution in [0, 0.1) is 26.7 Å². The predicted molar refractivity (Wildman–Crippen MR) is 103 cm³/mol. The zero-order valence-electron chi connectivity index (χ0n) is 14.7. The van der Waals surface area contributed by atoms with Crippen LogP contribution in [-0.4, -0.2) is 26.4 Å². The molecule has 0 saturated carbocycles. The van der Waals surface area contributed by atoms with Gasteiger partial charge in [0.15, 0.2) is 5.16 Å². The highest BCUT2D eigenvalue weighted by atomic mass is 79.9. The molecule has 0 radical (unpaired) electrons. The summed E-state index contributed by atoms with van der Waals surface area (Å²) in [5, 5.41) is 12.0. The average molecular weight is 411 g/mol. The van der Waals surface area contributed by atoms with Crippen molar-refractivity contribution in [3.05, 3.63) is 33.6 Å². The Balaban J connectivity index is 2.01. The first-order chi connectivity index (χ1) is 11.3. The van der Waals surface area contributed by atoms with Gasteiger partial charge in [-0.2, -0.15) is 0 Å². The molecular weight excluding hydrogens is 388 g/mol. The summed E-state index contributed by atoms with van der Waals surface area (Å²) in [6.45, 7) is 11.2. The fraction of sp³-hybridized carbons (Fsp3) is 0.471. The molecule has 7 heteroatoms. The van der Waals surface area contributed by atoms with Gasteiger partial charge in [-0.05, 0) is 65.9 Å². The number of carbonyl (C=O) groups excluding carboxylic acids is 1. The number of halogens is 1. The van der Waals surface area contributed by atoms with Crippen LogP contribution in [0.25, 0.3) is 0 Å². The number of rotatable bonds is 6.